The Morgan fingerprint density at radius 2 is 1.77 bits per heavy atom. The Hall–Kier alpha value is -5.38. The molecule has 0 spiro atoms. The van der Waals surface area contributed by atoms with E-state index < -0.39 is 53.7 Å². The Bertz CT molecular complexity index is 1820. The minimum Gasteiger partial charge on any atom is -0.372 e. The molecule has 16 heteroatoms. The lowest BCUT2D eigenvalue weighted by molar-refractivity contribution is -0.140. The molecule has 6 amide bonds. The van der Waals surface area contributed by atoms with Crippen LogP contribution in [0.15, 0.2) is 48.7 Å². The number of rotatable bonds is 7. The fourth-order valence-electron chi connectivity index (χ4n) is 6.94. The summed E-state index contributed by atoms with van der Waals surface area (Å²) in [4.78, 5) is 81.6. The predicted octanol–water partition coefficient (Wildman–Crippen LogP) is 0.222. The molecule has 6 rings (SSSR count). The molecule has 16 nitrogen and oxygen atoms in total. The number of amides is 6. The highest BCUT2D eigenvalue weighted by molar-refractivity contribution is 5.96. The Kier molecular flexibility index (Phi) is 12.3. The molecule has 282 valence electrons. The normalized spacial score (nSPS) is 23.1. The number of nitrogens with one attached hydrogen (secondary N) is 4. The number of ether oxygens (including phenoxy) is 1. The Labute approximate surface area is 306 Å². The van der Waals surface area contributed by atoms with Gasteiger partial charge in [-0.05, 0) is 54.4 Å². The summed E-state index contributed by atoms with van der Waals surface area (Å²) in [6, 6.07) is 9.14. The number of hydrogen-bond donors (Lipinski definition) is 5. The third-order valence-corrected chi connectivity index (χ3v) is 10.1. The number of hydrogen-bond acceptors (Lipinski definition) is 9. The molecule has 2 aliphatic heterocycles. The van der Waals surface area contributed by atoms with Crippen molar-refractivity contribution in [1.29, 1.82) is 0 Å². The molecule has 6 N–H and O–H groups in total. The van der Waals surface area contributed by atoms with E-state index in [-0.39, 0.29) is 44.4 Å². The molecule has 1 aliphatic carbocycles. The third kappa shape index (κ3) is 9.94. The lowest BCUT2D eigenvalue weighted by atomic mass is 9.97. The second kappa shape index (κ2) is 17.4. The highest BCUT2D eigenvalue weighted by atomic mass is 16.5. The maximum absolute atomic E-state index is 14.3. The van der Waals surface area contributed by atoms with Crippen molar-refractivity contribution in [2.45, 2.75) is 95.1 Å². The summed E-state index contributed by atoms with van der Waals surface area (Å²) in [5, 5.41) is 21.0. The van der Waals surface area contributed by atoms with Crippen LogP contribution in [0.25, 0.3) is 10.8 Å². The Morgan fingerprint density at radius 3 is 2.58 bits per heavy atom. The molecule has 2 fully saturated rings. The smallest absolute Gasteiger partial charge is 0.245 e. The highest BCUT2D eigenvalue weighted by Crippen LogP contribution is 2.33. The van der Waals surface area contributed by atoms with Crippen molar-refractivity contribution in [3.05, 3.63) is 59.9 Å². The largest absolute Gasteiger partial charge is 0.372 e. The van der Waals surface area contributed by atoms with Crippen LogP contribution in [0.1, 0.15) is 62.6 Å². The van der Waals surface area contributed by atoms with Crippen molar-refractivity contribution in [2.24, 2.45) is 11.7 Å². The van der Waals surface area contributed by atoms with Crippen molar-refractivity contribution < 1.29 is 33.5 Å². The molecule has 1 aromatic heterocycles. The van der Waals surface area contributed by atoms with E-state index in [2.05, 4.69) is 31.6 Å². The summed E-state index contributed by atoms with van der Waals surface area (Å²) in [5.41, 5.74) is 7.05. The van der Waals surface area contributed by atoms with Crippen LogP contribution in [-0.4, -0.2) is 99.2 Å². The zero-order chi connectivity index (χ0) is 37.3. The summed E-state index contributed by atoms with van der Waals surface area (Å²) in [5.74, 6) is -2.91. The van der Waals surface area contributed by atoms with Gasteiger partial charge in [0, 0.05) is 25.9 Å². The van der Waals surface area contributed by atoms with E-state index in [0.29, 0.717) is 50.9 Å². The number of carbonyl (C=O) groups excluding carboxylic acids is 6. The number of benzene rings is 2. The monoisotopic (exact) mass is 729 g/mol. The van der Waals surface area contributed by atoms with E-state index >= 15 is 0 Å². The first-order valence-corrected chi connectivity index (χ1v) is 18.3. The van der Waals surface area contributed by atoms with Crippen LogP contribution in [0.2, 0.25) is 0 Å². The second-order valence-corrected chi connectivity index (χ2v) is 14.0. The van der Waals surface area contributed by atoms with Gasteiger partial charge in [0.1, 0.15) is 24.2 Å². The fourth-order valence-corrected chi connectivity index (χ4v) is 6.94. The van der Waals surface area contributed by atoms with Crippen LogP contribution in [0.3, 0.4) is 0 Å². The minimum absolute atomic E-state index is 0.00422. The average Bonchev–Trinajstić information content (AvgIpc) is 3.62. The molecule has 0 bridgehead atoms. The van der Waals surface area contributed by atoms with E-state index in [1.54, 1.807) is 4.68 Å². The lowest BCUT2D eigenvalue weighted by Gasteiger charge is -2.28. The molecule has 3 heterocycles. The average molecular weight is 730 g/mol. The summed E-state index contributed by atoms with van der Waals surface area (Å²) < 4.78 is 7.60. The zero-order valence-corrected chi connectivity index (χ0v) is 29.6. The van der Waals surface area contributed by atoms with Crippen molar-refractivity contribution in [3.63, 3.8) is 0 Å². The van der Waals surface area contributed by atoms with Gasteiger partial charge >= 0.3 is 0 Å². The second-order valence-electron chi connectivity index (χ2n) is 14.0. The number of aromatic nitrogens is 3. The molecular formula is C37H47N9O7. The van der Waals surface area contributed by atoms with Crippen LogP contribution >= 0.6 is 0 Å². The van der Waals surface area contributed by atoms with Gasteiger partial charge in [0.2, 0.25) is 35.4 Å². The molecule has 3 aliphatic rings. The van der Waals surface area contributed by atoms with Crippen LogP contribution < -0.4 is 27.0 Å². The maximum Gasteiger partial charge on any atom is 0.245 e. The topological polar surface area (TPSA) is 220 Å². The van der Waals surface area contributed by atoms with Gasteiger partial charge in [0.05, 0.1) is 31.6 Å². The first-order valence-electron chi connectivity index (χ1n) is 18.3. The standard InChI is InChI=1S/C37H47N9O7/c38-34(49)28(17-23-13-14-23)41-36(51)30-22-53-21-26-19-40-44-46(26)16-4-3-12-32(47)39-20-33(48)45-15-6-11-31(45)37(52)42-29(35(50)43-30)18-25-9-5-8-24-7-1-2-10-27(24)25/h1-2,5,7-10,19,23,28-31H,3-4,6,11-18,20-22H2,(H2,38,49)(H,39,47)(H,41,51)(H,42,52)(H,43,50)/t28-,29-,30-,31-/m0/s1. The molecule has 53 heavy (non-hydrogen) atoms. The van der Waals surface area contributed by atoms with Gasteiger partial charge in [-0.3, -0.25) is 28.8 Å². The molecule has 4 atom stereocenters. The fraction of sp³-hybridized carbons (Fsp3) is 0.514. The summed E-state index contributed by atoms with van der Waals surface area (Å²) in [7, 11) is 0. The van der Waals surface area contributed by atoms with Gasteiger partial charge in [-0.2, -0.15) is 0 Å². The van der Waals surface area contributed by atoms with Gasteiger partial charge in [0.15, 0.2) is 0 Å². The minimum atomic E-state index is -1.27. The van der Waals surface area contributed by atoms with E-state index in [4.69, 9.17) is 10.5 Å². The quantitative estimate of drug-likeness (QED) is 0.224. The van der Waals surface area contributed by atoms with Crippen molar-refractivity contribution in [1.82, 2.24) is 41.2 Å². The van der Waals surface area contributed by atoms with Crippen LogP contribution in [-0.2, 0) is 53.1 Å². The third-order valence-electron chi connectivity index (χ3n) is 10.1. The number of nitrogens with zero attached hydrogens (tertiary/aromatic N) is 4. The van der Waals surface area contributed by atoms with Gasteiger partial charge < -0.3 is 36.6 Å². The van der Waals surface area contributed by atoms with Crippen LogP contribution in [0.4, 0.5) is 0 Å². The van der Waals surface area contributed by atoms with E-state index in [0.717, 1.165) is 29.2 Å². The van der Waals surface area contributed by atoms with Gasteiger partial charge in [-0.25, -0.2) is 4.68 Å². The van der Waals surface area contributed by atoms with Crippen molar-refractivity contribution in [3.8, 4) is 0 Å². The zero-order valence-electron chi connectivity index (χ0n) is 29.6. The van der Waals surface area contributed by atoms with Crippen LogP contribution in [0.5, 0.6) is 0 Å². The summed E-state index contributed by atoms with van der Waals surface area (Å²) in [6.07, 6.45) is 6.16. The number of carbonyl (C=O) groups is 6. The Balaban J connectivity index is 1.29. The van der Waals surface area contributed by atoms with E-state index in [1.165, 1.54) is 11.1 Å². The highest BCUT2D eigenvalue weighted by Gasteiger charge is 2.37. The Morgan fingerprint density at radius 1 is 0.962 bits per heavy atom. The molecule has 1 saturated carbocycles. The molecular weight excluding hydrogens is 682 g/mol. The predicted molar refractivity (Wildman–Crippen MR) is 191 cm³/mol. The molecule has 1 saturated heterocycles. The van der Waals surface area contributed by atoms with Crippen LogP contribution in [0, 0.1) is 5.92 Å². The van der Waals surface area contributed by atoms with Crippen molar-refractivity contribution >= 4 is 46.2 Å². The first kappa shape index (κ1) is 37.4. The lowest BCUT2D eigenvalue weighted by Crippen LogP contribution is -2.59. The number of fused-ring (bicyclic) bond motifs is 3. The van der Waals surface area contributed by atoms with Crippen molar-refractivity contribution in [2.75, 3.05) is 19.7 Å². The number of aryl methyl sites for hydroxylation is 1. The van der Waals surface area contributed by atoms with Gasteiger partial charge in [-0.15, -0.1) is 5.10 Å². The SMILES string of the molecule is NC(=O)[C@H](CC1CC1)NC(=O)[C@@H]1COCc2cnnn2CCCCC(=O)NCC(=O)N2CCC[C@H]2C(=O)N[C@@H](Cc2cccc3ccccc23)C(=O)N1. The number of nitrogens with two attached hydrogens (primary N) is 1. The van der Waals surface area contributed by atoms with Gasteiger partial charge in [-0.1, -0.05) is 60.5 Å². The first-order chi connectivity index (χ1) is 25.7. The van der Waals surface area contributed by atoms with E-state index in [1.807, 2.05) is 42.5 Å². The summed E-state index contributed by atoms with van der Waals surface area (Å²) >= 11 is 0. The summed E-state index contributed by atoms with van der Waals surface area (Å²) in [6.45, 7) is 0.250. The van der Waals surface area contributed by atoms with E-state index in [9.17, 15) is 28.8 Å². The molecule has 0 unspecified atom stereocenters. The van der Waals surface area contributed by atoms with Gasteiger partial charge in [0.25, 0.3) is 0 Å². The molecule has 2 aromatic carbocycles. The molecule has 3 aromatic rings. The number of primary amides is 1. The maximum atomic E-state index is 14.3. The molecule has 0 radical (unpaired) electrons.